The van der Waals surface area contributed by atoms with Gasteiger partial charge >= 0.3 is 0 Å². The molecule has 3 N–H and O–H groups in total. The van der Waals surface area contributed by atoms with Gasteiger partial charge in [0.05, 0.1) is 11.4 Å². The minimum Gasteiger partial charge on any atom is -0.492 e. The smallest absolute Gasteiger partial charge is 0.193 e. The van der Waals surface area contributed by atoms with Gasteiger partial charge in [-0.05, 0) is 48.4 Å². The standard InChI is InChI=1S/C18H23N3O3S/c1-3-14-5-4-6-15(13-14)21-18(19)20-11-12-24-16-7-9-17(10-8-16)25(2,22)23/h4-10,13H,3,11-12H2,1-2H3,(H3,19,20,21). The zero-order valence-electron chi connectivity index (χ0n) is 14.4. The fraction of sp³-hybridized carbons (Fsp3) is 0.278. The Kier molecular flexibility index (Phi) is 6.41. The monoisotopic (exact) mass is 361 g/mol. The van der Waals surface area contributed by atoms with Crippen molar-refractivity contribution in [2.24, 2.45) is 10.7 Å². The molecule has 0 bridgehead atoms. The van der Waals surface area contributed by atoms with Crippen LogP contribution >= 0.6 is 0 Å². The Hall–Kier alpha value is -2.54. The average Bonchev–Trinajstić information content (AvgIpc) is 2.58. The highest BCUT2D eigenvalue weighted by atomic mass is 32.2. The van der Waals surface area contributed by atoms with Gasteiger partial charge in [-0.1, -0.05) is 19.1 Å². The first kappa shape index (κ1) is 18.8. The third-order valence-electron chi connectivity index (χ3n) is 3.50. The zero-order valence-corrected chi connectivity index (χ0v) is 15.2. The molecule has 0 heterocycles. The molecule has 0 aliphatic heterocycles. The average molecular weight is 361 g/mol. The topological polar surface area (TPSA) is 93.8 Å². The molecule has 0 saturated heterocycles. The summed E-state index contributed by atoms with van der Waals surface area (Å²) >= 11 is 0. The Morgan fingerprint density at radius 1 is 1.20 bits per heavy atom. The molecule has 0 saturated carbocycles. The van der Waals surface area contributed by atoms with E-state index in [1.165, 1.54) is 24.0 Å². The highest BCUT2D eigenvalue weighted by Crippen LogP contribution is 2.15. The predicted octanol–water partition coefficient (Wildman–Crippen LogP) is 2.46. The number of ether oxygens (including phenoxy) is 1. The van der Waals surface area contributed by atoms with Crippen molar-refractivity contribution in [3.05, 3.63) is 54.1 Å². The third-order valence-corrected chi connectivity index (χ3v) is 4.63. The van der Waals surface area contributed by atoms with Crippen LogP contribution in [0.15, 0.2) is 58.4 Å². The fourth-order valence-corrected chi connectivity index (χ4v) is 2.80. The van der Waals surface area contributed by atoms with E-state index in [0.29, 0.717) is 24.9 Å². The lowest BCUT2D eigenvalue weighted by Gasteiger charge is -2.08. The van der Waals surface area contributed by atoms with Crippen molar-refractivity contribution in [3.8, 4) is 5.75 Å². The summed E-state index contributed by atoms with van der Waals surface area (Å²) in [6.07, 6.45) is 2.13. The van der Waals surface area contributed by atoms with Crippen molar-refractivity contribution in [2.75, 3.05) is 24.7 Å². The minimum absolute atomic E-state index is 0.264. The van der Waals surface area contributed by atoms with Crippen LogP contribution in [0, 0.1) is 0 Å². The van der Waals surface area contributed by atoms with Crippen LogP contribution in [-0.4, -0.2) is 33.8 Å². The number of benzene rings is 2. The maximum absolute atomic E-state index is 11.4. The van der Waals surface area contributed by atoms with Gasteiger partial charge in [0, 0.05) is 11.9 Å². The zero-order chi connectivity index (χ0) is 18.3. The second-order valence-electron chi connectivity index (χ2n) is 5.54. The summed E-state index contributed by atoms with van der Waals surface area (Å²) in [7, 11) is -3.19. The van der Waals surface area contributed by atoms with Crippen molar-refractivity contribution in [2.45, 2.75) is 18.2 Å². The molecular weight excluding hydrogens is 338 g/mol. The number of guanidine groups is 1. The summed E-state index contributed by atoms with van der Waals surface area (Å²) in [6.45, 7) is 2.83. The number of nitrogens with one attached hydrogen (secondary N) is 1. The molecule has 0 spiro atoms. The van der Waals surface area contributed by atoms with Gasteiger partial charge < -0.3 is 15.8 Å². The number of aryl methyl sites for hydroxylation is 1. The molecule has 0 fully saturated rings. The molecule has 2 aromatic carbocycles. The molecule has 0 amide bonds. The first-order valence-corrected chi connectivity index (χ1v) is 9.86. The molecule has 6 nitrogen and oxygen atoms in total. The predicted molar refractivity (Wildman–Crippen MR) is 101 cm³/mol. The highest BCUT2D eigenvalue weighted by molar-refractivity contribution is 7.90. The van der Waals surface area contributed by atoms with Gasteiger partial charge in [0.1, 0.15) is 12.4 Å². The van der Waals surface area contributed by atoms with Crippen LogP contribution in [0.3, 0.4) is 0 Å². The summed E-state index contributed by atoms with van der Waals surface area (Å²) in [4.78, 5) is 4.47. The molecule has 0 unspecified atom stereocenters. The normalized spacial score (nSPS) is 12.0. The van der Waals surface area contributed by atoms with Crippen molar-refractivity contribution < 1.29 is 13.2 Å². The number of rotatable bonds is 7. The lowest BCUT2D eigenvalue weighted by atomic mass is 10.1. The van der Waals surface area contributed by atoms with Gasteiger partial charge in [-0.3, -0.25) is 0 Å². The Labute approximate surface area is 148 Å². The summed E-state index contributed by atoms with van der Waals surface area (Å²) in [5.74, 6) is 0.911. The molecule has 0 aliphatic rings. The van der Waals surface area contributed by atoms with Crippen molar-refractivity contribution >= 4 is 21.5 Å². The van der Waals surface area contributed by atoms with Gasteiger partial charge in [0.25, 0.3) is 0 Å². The molecule has 2 rings (SSSR count). The van der Waals surface area contributed by atoms with Crippen LogP contribution < -0.4 is 15.8 Å². The molecule has 134 valence electrons. The summed E-state index contributed by atoms with van der Waals surface area (Å²) in [5, 5.41) is 3.04. The van der Waals surface area contributed by atoms with Gasteiger partial charge in [-0.2, -0.15) is 0 Å². The molecule has 0 atom stereocenters. The SMILES string of the molecule is CCc1cccc(NC(N)=NCCOc2ccc(S(C)(=O)=O)cc2)c1. The van der Waals surface area contributed by atoms with Crippen molar-refractivity contribution in [1.82, 2.24) is 0 Å². The molecule has 2 aromatic rings. The number of nitrogens with two attached hydrogens (primary N) is 1. The number of aliphatic imine (C=N–C) groups is 1. The Morgan fingerprint density at radius 3 is 2.56 bits per heavy atom. The number of hydrogen-bond acceptors (Lipinski definition) is 4. The summed E-state index contributed by atoms with van der Waals surface area (Å²) < 4.78 is 28.3. The van der Waals surface area contributed by atoms with E-state index in [2.05, 4.69) is 23.3 Å². The summed E-state index contributed by atoms with van der Waals surface area (Å²) in [5.41, 5.74) is 7.98. The third kappa shape index (κ3) is 6.11. The Balaban J connectivity index is 1.82. The Bertz CT molecular complexity index is 831. The largest absolute Gasteiger partial charge is 0.492 e. The quantitative estimate of drug-likeness (QED) is 0.449. The number of anilines is 1. The molecule has 0 aliphatic carbocycles. The fourth-order valence-electron chi connectivity index (χ4n) is 2.17. The van der Waals surface area contributed by atoms with Crippen LogP contribution in [-0.2, 0) is 16.3 Å². The first-order chi connectivity index (χ1) is 11.9. The second kappa shape index (κ2) is 8.53. The van der Waals surface area contributed by atoms with E-state index in [-0.39, 0.29) is 4.90 Å². The van der Waals surface area contributed by atoms with Crippen LogP contribution in [0.2, 0.25) is 0 Å². The molecule has 0 aromatic heterocycles. The van der Waals surface area contributed by atoms with E-state index in [1.807, 2.05) is 18.2 Å². The molecule has 0 radical (unpaired) electrons. The number of sulfone groups is 1. The summed E-state index contributed by atoms with van der Waals surface area (Å²) in [6, 6.07) is 14.3. The van der Waals surface area contributed by atoms with E-state index >= 15 is 0 Å². The van der Waals surface area contributed by atoms with Crippen LogP contribution in [0.4, 0.5) is 5.69 Å². The van der Waals surface area contributed by atoms with E-state index in [9.17, 15) is 8.42 Å². The van der Waals surface area contributed by atoms with E-state index < -0.39 is 9.84 Å². The van der Waals surface area contributed by atoms with Crippen molar-refractivity contribution in [3.63, 3.8) is 0 Å². The van der Waals surface area contributed by atoms with Gasteiger partial charge in [0.15, 0.2) is 15.8 Å². The number of hydrogen-bond donors (Lipinski definition) is 2. The van der Waals surface area contributed by atoms with Crippen LogP contribution in [0.25, 0.3) is 0 Å². The second-order valence-corrected chi connectivity index (χ2v) is 7.55. The number of nitrogens with zero attached hydrogens (tertiary/aromatic N) is 1. The van der Waals surface area contributed by atoms with E-state index in [1.54, 1.807) is 12.1 Å². The first-order valence-electron chi connectivity index (χ1n) is 7.97. The van der Waals surface area contributed by atoms with Crippen molar-refractivity contribution in [1.29, 1.82) is 0 Å². The van der Waals surface area contributed by atoms with Gasteiger partial charge in [0.2, 0.25) is 0 Å². The lowest BCUT2D eigenvalue weighted by molar-refractivity contribution is 0.328. The highest BCUT2D eigenvalue weighted by Gasteiger charge is 2.06. The molecular formula is C18H23N3O3S. The maximum Gasteiger partial charge on any atom is 0.193 e. The minimum atomic E-state index is -3.19. The van der Waals surface area contributed by atoms with Gasteiger partial charge in [-0.25, -0.2) is 13.4 Å². The van der Waals surface area contributed by atoms with Crippen LogP contribution in [0.1, 0.15) is 12.5 Å². The maximum atomic E-state index is 11.4. The molecule has 25 heavy (non-hydrogen) atoms. The van der Waals surface area contributed by atoms with Crippen LogP contribution in [0.5, 0.6) is 5.75 Å². The van der Waals surface area contributed by atoms with E-state index in [0.717, 1.165) is 12.1 Å². The van der Waals surface area contributed by atoms with E-state index in [4.69, 9.17) is 10.5 Å². The van der Waals surface area contributed by atoms with Gasteiger partial charge in [-0.15, -0.1) is 0 Å². The Morgan fingerprint density at radius 2 is 1.92 bits per heavy atom. The molecule has 7 heteroatoms. The lowest BCUT2D eigenvalue weighted by Crippen LogP contribution is -2.23.